The molecule has 0 aliphatic rings. The van der Waals surface area contributed by atoms with Gasteiger partial charge in [0.1, 0.15) is 11.5 Å². The fourth-order valence-electron chi connectivity index (χ4n) is 2.16. The van der Waals surface area contributed by atoms with Crippen LogP contribution in [0.3, 0.4) is 0 Å². The van der Waals surface area contributed by atoms with Crippen LogP contribution in [0.25, 0.3) is 16.9 Å². The molecule has 1 aromatic carbocycles. The number of carbonyl (C=O) groups excluding carboxylic acids is 1. The molecule has 0 bridgehead atoms. The smallest absolute Gasteiger partial charge is 0.170 e. The van der Waals surface area contributed by atoms with Crippen molar-refractivity contribution < 1.29 is 4.79 Å². The summed E-state index contributed by atoms with van der Waals surface area (Å²) in [6, 6.07) is 13.8. The summed E-state index contributed by atoms with van der Waals surface area (Å²) < 4.78 is 1.95. The molecule has 3 heteroatoms. The molecule has 88 valence electrons. The average molecular weight is 236 g/mol. The normalized spacial score (nSPS) is 10.7. The topological polar surface area (TPSA) is 34.4 Å². The largest absolute Gasteiger partial charge is 0.299 e. The van der Waals surface area contributed by atoms with E-state index in [1.54, 1.807) is 0 Å². The molecule has 3 aromatic rings. The zero-order valence-electron chi connectivity index (χ0n) is 10.00. The lowest BCUT2D eigenvalue weighted by molar-refractivity contribution is 0.112. The monoisotopic (exact) mass is 236 g/mol. The van der Waals surface area contributed by atoms with E-state index < -0.39 is 0 Å². The predicted molar refractivity (Wildman–Crippen MR) is 70.8 cm³/mol. The molecule has 2 heterocycles. The molecule has 3 rings (SSSR count). The van der Waals surface area contributed by atoms with Crippen molar-refractivity contribution in [3.8, 4) is 11.4 Å². The van der Waals surface area contributed by atoms with E-state index in [0.717, 1.165) is 28.8 Å². The number of imidazole rings is 1. The number of aldehydes is 1. The first-order valence-corrected chi connectivity index (χ1v) is 5.79. The molecule has 0 N–H and O–H groups in total. The Bertz CT molecular complexity index is 728. The SMILES string of the molecule is Cc1ccccc1-c1nc(C=O)c2ccccn12. The van der Waals surface area contributed by atoms with Crippen LogP contribution in [-0.4, -0.2) is 15.7 Å². The Hall–Kier alpha value is -2.42. The summed E-state index contributed by atoms with van der Waals surface area (Å²) in [6.07, 6.45) is 2.73. The second kappa shape index (κ2) is 4.11. The summed E-state index contributed by atoms with van der Waals surface area (Å²) in [5.74, 6) is 0.811. The van der Waals surface area contributed by atoms with Gasteiger partial charge in [-0.2, -0.15) is 0 Å². The summed E-state index contributed by atoms with van der Waals surface area (Å²) in [7, 11) is 0. The predicted octanol–water partition coefficient (Wildman–Crippen LogP) is 3.12. The van der Waals surface area contributed by atoms with Crippen LogP contribution in [0.5, 0.6) is 0 Å². The van der Waals surface area contributed by atoms with Crippen molar-refractivity contribution in [3.63, 3.8) is 0 Å². The highest BCUT2D eigenvalue weighted by Gasteiger charge is 2.12. The molecule has 0 atom stereocenters. The van der Waals surface area contributed by atoms with E-state index in [2.05, 4.69) is 4.98 Å². The van der Waals surface area contributed by atoms with Crippen LogP contribution in [-0.2, 0) is 0 Å². The Morgan fingerprint density at radius 3 is 2.67 bits per heavy atom. The lowest BCUT2D eigenvalue weighted by Crippen LogP contribution is -1.90. The van der Waals surface area contributed by atoms with Crippen LogP contribution in [0, 0.1) is 6.92 Å². The second-order valence-corrected chi connectivity index (χ2v) is 4.21. The maximum absolute atomic E-state index is 11.1. The van der Waals surface area contributed by atoms with Crippen LogP contribution < -0.4 is 0 Å². The van der Waals surface area contributed by atoms with Crippen LogP contribution in [0.1, 0.15) is 16.1 Å². The molecule has 3 nitrogen and oxygen atoms in total. The Morgan fingerprint density at radius 1 is 1.11 bits per heavy atom. The molecule has 0 spiro atoms. The number of aromatic nitrogens is 2. The molecular formula is C15H12N2O. The Labute approximate surface area is 105 Å². The minimum atomic E-state index is 0.480. The molecule has 0 saturated carbocycles. The molecule has 18 heavy (non-hydrogen) atoms. The Morgan fingerprint density at radius 2 is 1.89 bits per heavy atom. The number of fused-ring (bicyclic) bond motifs is 1. The van der Waals surface area contributed by atoms with Gasteiger partial charge < -0.3 is 0 Å². The molecule has 0 aliphatic heterocycles. The number of nitrogens with zero attached hydrogens (tertiary/aromatic N) is 2. The van der Waals surface area contributed by atoms with E-state index in [-0.39, 0.29) is 0 Å². The van der Waals surface area contributed by atoms with Crippen LogP contribution >= 0.6 is 0 Å². The van der Waals surface area contributed by atoms with Crippen molar-refractivity contribution >= 4 is 11.8 Å². The third-order valence-corrected chi connectivity index (χ3v) is 3.07. The molecular weight excluding hydrogens is 224 g/mol. The van der Waals surface area contributed by atoms with Crippen LogP contribution in [0.4, 0.5) is 0 Å². The number of hydrogen-bond acceptors (Lipinski definition) is 2. The Balaban J connectivity index is 2.37. The van der Waals surface area contributed by atoms with Crippen LogP contribution in [0.15, 0.2) is 48.7 Å². The van der Waals surface area contributed by atoms with Gasteiger partial charge in [-0.25, -0.2) is 4.98 Å². The number of pyridine rings is 1. The highest BCUT2D eigenvalue weighted by molar-refractivity contribution is 5.86. The number of benzene rings is 1. The highest BCUT2D eigenvalue weighted by atomic mass is 16.1. The molecule has 0 unspecified atom stereocenters. The minimum Gasteiger partial charge on any atom is -0.299 e. The maximum Gasteiger partial charge on any atom is 0.170 e. The van der Waals surface area contributed by atoms with Gasteiger partial charge in [-0.15, -0.1) is 0 Å². The summed E-state index contributed by atoms with van der Waals surface area (Å²) in [4.78, 5) is 15.5. The van der Waals surface area contributed by atoms with Gasteiger partial charge in [0, 0.05) is 11.8 Å². The van der Waals surface area contributed by atoms with Gasteiger partial charge in [-0.3, -0.25) is 9.20 Å². The number of hydrogen-bond donors (Lipinski definition) is 0. The van der Waals surface area contributed by atoms with Crippen LogP contribution in [0.2, 0.25) is 0 Å². The highest BCUT2D eigenvalue weighted by Crippen LogP contribution is 2.24. The van der Waals surface area contributed by atoms with Crippen molar-refractivity contribution in [3.05, 3.63) is 59.9 Å². The summed E-state index contributed by atoms with van der Waals surface area (Å²) in [6.45, 7) is 2.04. The zero-order valence-corrected chi connectivity index (χ0v) is 10.00. The van der Waals surface area contributed by atoms with Gasteiger partial charge in [-0.05, 0) is 24.6 Å². The second-order valence-electron chi connectivity index (χ2n) is 4.21. The molecule has 0 saturated heterocycles. The lowest BCUT2D eigenvalue weighted by Gasteiger charge is -2.04. The average Bonchev–Trinajstić information content (AvgIpc) is 2.78. The number of rotatable bonds is 2. The van der Waals surface area contributed by atoms with Gasteiger partial charge in [0.15, 0.2) is 6.29 Å². The third-order valence-electron chi connectivity index (χ3n) is 3.07. The zero-order chi connectivity index (χ0) is 12.5. The van der Waals surface area contributed by atoms with Crippen molar-refractivity contribution in [1.29, 1.82) is 0 Å². The standard InChI is InChI=1S/C15H12N2O/c1-11-6-2-3-7-12(11)15-16-13(10-18)14-8-4-5-9-17(14)15/h2-10H,1H3. The van der Waals surface area contributed by atoms with Gasteiger partial charge in [0.05, 0.1) is 5.52 Å². The quantitative estimate of drug-likeness (QED) is 0.641. The fourth-order valence-corrected chi connectivity index (χ4v) is 2.16. The number of carbonyl (C=O) groups is 1. The van der Waals surface area contributed by atoms with Crippen molar-refractivity contribution in [2.45, 2.75) is 6.92 Å². The van der Waals surface area contributed by atoms with Gasteiger partial charge in [0.25, 0.3) is 0 Å². The minimum absolute atomic E-state index is 0.480. The van der Waals surface area contributed by atoms with Gasteiger partial charge in [0.2, 0.25) is 0 Å². The summed E-state index contributed by atoms with van der Waals surface area (Å²) in [5.41, 5.74) is 3.51. The van der Waals surface area contributed by atoms with Gasteiger partial charge >= 0.3 is 0 Å². The van der Waals surface area contributed by atoms with E-state index >= 15 is 0 Å². The first-order chi connectivity index (χ1) is 8.81. The van der Waals surface area contributed by atoms with E-state index in [9.17, 15) is 4.79 Å². The third kappa shape index (κ3) is 1.52. The van der Waals surface area contributed by atoms with Crippen molar-refractivity contribution in [2.24, 2.45) is 0 Å². The van der Waals surface area contributed by atoms with Crippen molar-refractivity contribution in [1.82, 2.24) is 9.38 Å². The maximum atomic E-state index is 11.1. The Kier molecular flexibility index (Phi) is 2.45. The first kappa shape index (κ1) is 10.7. The summed E-state index contributed by atoms with van der Waals surface area (Å²) in [5, 5.41) is 0. The van der Waals surface area contributed by atoms with Gasteiger partial charge in [-0.1, -0.05) is 30.3 Å². The molecule has 2 aromatic heterocycles. The first-order valence-electron chi connectivity index (χ1n) is 5.79. The van der Waals surface area contributed by atoms with E-state index in [4.69, 9.17) is 0 Å². The molecule has 0 aliphatic carbocycles. The molecule has 0 radical (unpaired) electrons. The van der Waals surface area contributed by atoms with E-state index in [1.165, 1.54) is 0 Å². The van der Waals surface area contributed by atoms with E-state index in [0.29, 0.717) is 5.69 Å². The van der Waals surface area contributed by atoms with Crippen molar-refractivity contribution in [2.75, 3.05) is 0 Å². The molecule has 0 fully saturated rings. The summed E-state index contributed by atoms with van der Waals surface area (Å²) >= 11 is 0. The van der Waals surface area contributed by atoms with E-state index in [1.807, 2.05) is 60.0 Å². The number of aryl methyl sites for hydroxylation is 1. The fraction of sp³-hybridized carbons (Fsp3) is 0.0667. The lowest BCUT2D eigenvalue weighted by atomic mass is 10.1. The molecule has 0 amide bonds.